The van der Waals surface area contributed by atoms with Crippen molar-refractivity contribution in [2.45, 2.75) is 0 Å². The molecule has 2 N–H and O–H groups in total. The van der Waals surface area contributed by atoms with E-state index in [9.17, 15) is 9.59 Å². The molecule has 6 nitrogen and oxygen atoms in total. The Morgan fingerprint density at radius 3 is 2.08 bits per heavy atom. The molecule has 0 fully saturated rings. The number of aromatic nitrogens is 2. The van der Waals surface area contributed by atoms with Gasteiger partial charge in [0.15, 0.2) is 0 Å². The second-order valence-electron chi connectivity index (χ2n) is 2.38. The van der Waals surface area contributed by atoms with Crippen molar-refractivity contribution in [3.05, 3.63) is 20.8 Å². The summed E-state index contributed by atoms with van der Waals surface area (Å²) in [5, 5.41) is 17.9. The first-order chi connectivity index (χ1) is 5.46. The zero-order valence-corrected chi connectivity index (χ0v) is 6.61. The lowest BCUT2D eigenvalue weighted by atomic mass is 10.5. The minimum Gasteiger partial charge on any atom is -0.499 e. The zero-order chi connectivity index (χ0) is 9.46. The van der Waals surface area contributed by atoms with Crippen molar-refractivity contribution in [2.75, 3.05) is 0 Å². The highest BCUT2D eigenvalue weighted by atomic mass is 16.3. The van der Waals surface area contributed by atoms with Crippen molar-refractivity contribution in [2.24, 2.45) is 14.1 Å². The lowest BCUT2D eigenvalue weighted by Gasteiger charge is -2.04. The molecule has 0 aliphatic carbocycles. The number of nitrogens with zero attached hydrogens (tertiary/aromatic N) is 2. The average molecular weight is 172 g/mol. The largest absolute Gasteiger partial charge is 0.499 e. The Kier molecular flexibility index (Phi) is 1.68. The molecular formula is C6H8N2O4. The van der Waals surface area contributed by atoms with E-state index in [1.54, 1.807) is 0 Å². The van der Waals surface area contributed by atoms with Crippen LogP contribution in [0.3, 0.4) is 0 Å². The second kappa shape index (κ2) is 2.40. The van der Waals surface area contributed by atoms with E-state index in [1.807, 2.05) is 0 Å². The van der Waals surface area contributed by atoms with Gasteiger partial charge in [-0.25, -0.2) is 4.79 Å². The molecule has 6 heteroatoms. The van der Waals surface area contributed by atoms with Crippen LogP contribution < -0.4 is 11.2 Å². The Bertz CT molecular complexity index is 391. The van der Waals surface area contributed by atoms with Gasteiger partial charge in [0.25, 0.3) is 0 Å². The van der Waals surface area contributed by atoms with Crippen LogP contribution in [0.4, 0.5) is 0 Å². The topological polar surface area (TPSA) is 84.5 Å². The van der Waals surface area contributed by atoms with Crippen molar-refractivity contribution in [3.8, 4) is 11.6 Å². The highest BCUT2D eigenvalue weighted by Crippen LogP contribution is 2.14. The van der Waals surface area contributed by atoms with Crippen LogP contribution in [0.1, 0.15) is 0 Å². The van der Waals surface area contributed by atoms with Crippen LogP contribution in [-0.2, 0) is 14.1 Å². The molecule has 12 heavy (non-hydrogen) atoms. The molecule has 0 aliphatic rings. The number of hydrogen-bond donors (Lipinski definition) is 2. The summed E-state index contributed by atoms with van der Waals surface area (Å²) >= 11 is 0. The molecule has 0 radical (unpaired) electrons. The third kappa shape index (κ3) is 0.884. The first kappa shape index (κ1) is 8.38. The normalized spacial score (nSPS) is 10.2. The van der Waals surface area contributed by atoms with Crippen molar-refractivity contribution in [3.63, 3.8) is 0 Å². The molecule has 66 valence electrons. The highest BCUT2D eigenvalue weighted by molar-refractivity contribution is 5.27. The summed E-state index contributed by atoms with van der Waals surface area (Å²) in [6.07, 6.45) is 0. The predicted molar refractivity (Wildman–Crippen MR) is 40.3 cm³/mol. The summed E-state index contributed by atoms with van der Waals surface area (Å²) in [4.78, 5) is 21.9. The van der Waals surface area contributed by atoms with E-state index in [4.69, 9.17) is 10.2 Å². The molecular weight excluding hydrogens is 164 g/mol. The summed E-state index contributed by atoms with van der Waals surface area (Å²) in [7, 11) is 2.46. The zero-order valence-electron chi connectivity index (χ0n) is 6.61. The summed E-state index contributed by atoms with van der Waals surface area (Å²) in [5.41, 5.74) is -1.59. The van der Waals surface area contributed by atoms with E-state index < -0.39 is 22.9 Å². The lowest BCUT2D eigenvalue weighted by molar-refractivity contribution is 0.352. The average Bonchev–Trinajstić information content (AvgIpc) is 2.08. The molecule has 0 spiro atoms. The monoisotopic (exact) mass is 172 g/mol. The predicted octanol–water partition coefficient (Wildman–Crippen LogP) is -1.50. The third-order valence-corrected chi connectivity index (χ3v) is 1.61. The fourth-order valence-electron chi connectivity index (χ4n) is 0.816. The quantitative estimate of drug-likeness (QED) is 0.498. The van der Waals surface area contributed by atoms with Crippen molar-refractivity contribution in [1.82, 2.24) is 9.13 Å². The Morgan fingerprint density at radius 1 is 1.08 bits per heavy atom. The molecule has 1 aromatic heterocycles. The molecule has 0 saturated heterocycles. The van der Waals surface area contributed by atoms with Gasteiger partial charge in [-0.3, -0.25) is 13.9 Å². The van der Waals surface area contributed by atoms with Crippen LogP contribution in [0.15, 0.2) is 9.59 Å². The second-order valence-corrected chi connectivity index (χ2v) is 2.38. The van der Waals surface area contributed by atoms with Gasteiger partial charge in [-0.2, -0.15) is 0 Å². The molecule has 0 bridgehead atoms. The summed E-state index contributed by atoms with van der Waals surface area (Å²) < 4.78 is 1.48. The van der Waals surface area contributed by atoms with Crippen LogP contribution in [0.25, 0.3) is 0 Å². The summed E-state index contributed by atoms with van der Waals surface area (Å²) in [6.45, 7) is 0. The standard InChI is InChI=1S/C6H8N2O4/c1-7-4(10)3(9)5(11)8(2)6(7)12/h9-10H,1-2H3. The fourth-order valence-corrected chi connectivity index (χ4v) is 0.816. The van der Waals surface area contributed by atoms with E-state index in [0.29, 0.717) is 4.57 Å². The first-order valence-electron chi connectivity index (χ1n) is 3.14. The van der Waals surface area contributed by atoms with Crippen molar-refractivity contribution < 1.29 is 10.2 Å². The van der Waals surface area contributed by atoms with Gasteiger partial charge in [0, 0.05) is 14.1 Å². The van der Waals surface area contributed by atoms with E-state index in [-0.39, 0.29) is 0 Å². The van der Waals surface area contributed by atoms with Gasteiger partial charge in [-0.1, -0.05) is 0 Å². The SMILES string of the molecule is Cn1c(O)c(O)c(=O)n(C)c1=O. The molecule has 0 unspecified atom stereocenters. The first-order valence-corrected chi connectivity index (χ1v) is 3.14. The van der Waals surface area contributed by atoms with E-state index >= 15 is 0 Å². The Morgan fingerprint density at radius 2 is 1.58 bits per heavy atom. The molecule has 0 aliphatic heterocycles. The van der Waals surface area contributed by atoms with Crippen molar-refractivity contribution in [1.29, 1.82) is 0 Å². The maximum absolute atomic E-state index is 11.0. The number of aromatic hydroxyl groups is 2. The maximum atomic E-state index is 11.0. The number of rotatable bonds is 0. The minimum atomic E-state index is -0.907. The maximum Gasteiger partial charge on any atom is 0.333 e. The van der Waals surface area contributed by atoms with Gasteiger partial charge < -0.3 is 10.2 Å². The molecule has 1 rings (SSSR count). The van der Waals surface area contributed by atoms with E-state index in [1.165, 1.54) is 14.1 Å². The van der Waals surface area contributed by atoms with Gasteiger partial charge in [0.05, 0.1) is 0 Å². The van der Waals surface area contributed by atoms with Crippen LogP contribution in [0.5, 0.6) is 11.6 Å². The van der Waals surface area contributed by atoms with Crippen LogP contribution in [-0.4, -0.2) is 19.3 Å². The Labute approximate surface area is 66.9 Å². The molecule has 0 atom stereocenters. The van der Waals surface area contributed by atoms with Crippen LogP contribution >= 0.6 is 0 Å². The van der Waals surface area contributed by atoms with Gasteiger partial charge in [-0.15, -0.1) is 0 Å². The lowest BCUT2D eigenvalue weighted by Crippen LogP contribution is -2.36. The van der Waals surface area contributed by atoms with Gasteiger partial charge >= 0.3 is 11.2 Å². The summed E-state index contributed by atoms with van der Waals surface area (Å²) in [5.74, 6) is -1.54. The van der Waals surface area contributed by atoms with Gasteiger partial charge in [-0.05, 0) is 0 Å². The third-order valence-electron chi connectivity index (χ3n) is 1.61. The van der Waals surface area contributed by atoms with E-state index in [0.717, 1.165) is 4.57 Å². The minimum absolute atomic E-state index is 0.685. The summed E-state index contributed by atoms with van der Waals surface area (Å²) in [6, 6.07) is 0. The fraction of sp³-hybridized carbons (Fsp3) is 0.333. The molecule has 0 saturated carbocycles. The van der Waals surface area contributed by atoms with Crippen LogP contribution in [0.2, 0.25) is 0 Å². The van der Waals surface area contributed by atoms with E-state index in [2.05, 4.69) is 0 Å². The molecule has 1 aromatic rings. The van der Waals surface area contributed by atoms with Gasteiger partial charge in [0.2, 0.25) is 11.6 Å². The highest BCUT2D eigenvalue weighted by Gasteiger charge is 2.12. The Hall–Kier alpha value is -1.72. The Balaban J connectivity index is 3.86. The molecule has 0 amide bonds. The smallest absolute Gasteiger partial charge is 0.333 e. The number of hydrogen-bond acceptors (Lipinski definition) is 4. The molecule has 1 heterocycles. The van der Waals surface area contributed by atoms with Crippen molar-refractivity contribution >= 4 is 0 Å². The van der Waals surface area contributed by atoms with Crippen LogP contribution in [0, 0.1) is 0 Å². The molecule has 0 aromatic carbocycles. The van der Waals surface area contributed by atoms with Gasteiger partial charge in [0.1, 0.15) is 0 Å².